The van der Waals surface area contributed by atoms with E-state index < -0.39 is 14.0 Å². The average molecular weight is 514 g/mol. The quantitative estimate of drug-likeness (QED) is 0.392. The monoisotopic (exact) mass is 513 g/mol. The predicted octanol–water partition coefficient (Wildman–Crippen LogP) is 9.39. The first-order chi connectivity index (χ1) is 13.8. The fourth-order valence-corrected chi connectivity index (χ4v) is 10.7. The summed E-state index contributed by atoms with van der Waals surface area (Å²) in [6, 6.07) is 17.6. The maximum atomic E-state index is 3.33. The first-order valence-electron chi connectivity index (χ1n) is 11.5. The van der Waals surface area contributed by atoms with E-state index in [2.05, 4.69) is 121 Å². The topological polar surface area (TPSA) is 12.0 Å². The number of rotatable bonds is 5. The van der Waals surface area contributed by atoms with Gasteiger partial charge in [0.25, 0.3) is 0 Å². The van der Waals surface area contributed by atoms with Crippen LogP contribution in [0.1, 0.15) is 57.1 Å². The zero-order chi connectivity index (χ0) is 22.6. The van der Waals surface area contributed by atoms with Crippen molar-refractivity contribution >= 4 is 34.4 Å². The van der Waals surface area contributed by atoms with Gasteiger partial charge in [-0.15, -0.1) is 24.8 Å². The van der Waals surface area contributed by atoms with Gasteiger partial charge in [0, 0.05) is 12.7 Å². The molecule has 1 N–H and O–H groups in total. The van der Waals surface area contributed by atoms with Crippen molar-refractivity contribution in [1.82, 2.24) is 0 Å². The normalized spacial score (nSPS) is 14.9. The molecule has 180 valence electrons. The van der Waals surface area contributed by atoms with Crippen molar-refractivity contribution in [3.8, 4) is 0 Å². The Morgan fingerprint density at radius 2 is 1.25 bits per heavy atom. The SMILES string of the molecule is CNc1c(C(C)C)cccc1C(C)C.Cl.Cl.[CH3][Ti]([CH3])([CH3])([CH3])([C]1=CC=CC1)[c]1ccccc1. The van der Waals surface area contributed by atoms with Gasteiger partial charge < -0.3 is 5.32 Å². The Morgan fingerprint density at radius 1 is 0.750 bits per heavy atom. The molecular weight excluding hydrogens is 469 g/mol. The number of hydrogen-bond donors (Lipinski definition) is 1. The molecule has 32 heavy (non-hydrogen) atoms. The van der Waals surface area contributed by atoms with Crippen molar-refractivity contribution in [2.24, 2.45) is 0 Å². The van der Waals surface area contributed by atoms with E-state index in [0.29, 0.717) is 11.8 Å². The number of benzene rings is 2. The van der Waals surface area contributed by atoms with Gasteiger partial charge in [-0.1, -0.05) is 45.9 Å². The van der Waals surface area contributed by atoms with Crippen LogP contribution in [0, 0.1) is 0 Å². The van der Waals surface area contributed by atoms with E-state index in [4.69, 9.17) is 0 Å². The fraction of sp³-hybridized carbons (Fsp3) is 0.429. The molecule has 0 heterocycles. The summed E-state index contributed by atoms with van der Waals surface area (Å²) in [6.07, 6.45) is 7.97. The molecule has 1 aliphatic rings. The zero-order valence-corrected chi connectivity index (χ0v) is 24.7. The van der Waals surface area contributed by atoms with E-state index in [1.54, 1.807) is 7.75 Å². The second-order valence-electron chi connectivity index (χ2n) is 12.2. The van der Waals surface area contributed by atoms with E-state index in [1.807, 2.05) is 7.05 Å². The van der Waals surface area contributed by atoms with Gasteiger partial charge in [0.05, 0.1) is 0 Å². The molecule has 2 aromatic rings. The molecular formula is C28H45Cl2NTi. The fourth-order valence-electron chi connectivity index (χ4n) is 4.49. The van der Waals surface area contributed by atoms with Gasteiger partial charge in [-0.3, -0.25) is 0 Å². The Kier molecular flexibility index (Phi) is 10.6. The molecule has 1 nitrogen and oxygen atoms in total. The molecule has 0 bridgehead atoms. The van der Waals surface area contributed by atoms with Crippen molar-refractivity contribution < 1.29 is 14.0 Å². The van der Waals surface area contributed by atoms with Crippen LogP contribution < -0.4 is 9.18 Å². The second-order valence-corrected chi connectivity index (χ2v) is 30.1. The van der Waals surface area contributed by atoms with Gasteiger partial charge >= 0.3 is 97.7 Å². The van der Waals surface area contributed by atoms with E-state index in [1.165, 1.54) is 16.8 Å². The predicted molar refractivity (Wildman–Crippen MR) is 150 cm³/mol. The third kappa shape index (κ3) is 6.77. The number of allylic oxidation sites excluding steroid dienone is 4. The van der Waals surface area contributed by atoms with Gasteiger partial charge in [0.2, 0.25) is 0 Å². The Morgan fingerprint density at radius 3 is 1.62 bits per heavy atom. The van der Waals surface area contributed by atoms with Gasteiger partial charge in [0.1, 0.15) is 0 Å². The molecule has 0 radical (unpaired) electrons. The van der Waals surface area contributed by atoms with E-state index >= 15 is 0 Å². The van der Waals surface area contributed by atoms with Crippen LogP contribution in [-0.4, -0.2) is 7.05 Å². The summed E-state index contributed by atoms with van der Waals surface area (Å²) in [6.45, 7) is 8.95. The number of hydrogen-bond acceptors (Lipinski definition) is 1. The van der Waals surface area contributed by atoms with E-state index in [-0.39, 0.29) is 24.8 Å². The summed E-state index contributed by atoms with van der Waals surface area (Å²) in [7, 11) is 2.01. The van der Waals surface area contributed by atoms with Crippen molar-refractivity contribution in [3.05, 3.63) is 81.8 Å². The van der Waals surface area contributed by atoms with Crippen LogP contribution in [0.2, 0.25) is 20.9 Å². The summed E-state index contributed by atoms with van der Waals surface area (Å²) < 4.78 is 3.21. The molecule has 2 aromatic carbocycles. The van der Waals surface area contributed by atoms with E-state index in [9.17, 15) is 0 Å². The summed E-state index contributed by atoms with van der Waals surface area (Å²) in [5.41, 5.74) is 4.15. The summed E-state index contributed by atoms with van der Waals surface area (Å²) in [5.74, 6) is 1.16. The van der Waals surface area contributed by atoms with Crippen molar-refractivity contribution in [2.75, 3.05) is 12.4 Å². The third-order valence-electron chi connectivity index (χ3n) is 6.91. The number of halogens is 2. The van der Waals surface area contributed by atoms with Crippen molar-refractivity contribution in [3.63, 3.8) is 0 Å². The Balaban J connectivity index is 0.000000570. The average Bonchev–Trinajstić information content (AvgIpc) is 3.24. The molecule has 0 fully saturated rings. The maximum absolute atomic E-state index is 3.33. The number of para-hydroxylation sites is 1. The molecule has 0 amide bonds. The van der Waals surface area contributed by atoms with Crippen LogP contribution in [-0.2, 0) is 14.0 Å². The van der Waals surface area contributed by atoms with Gasteiger partial charge in [0.15, 0.2) is 0 Å². The molecule has 0 aliphatic heterocycles. The molecule has 0 atom stereocenters. The van der Waals surface area contributed by atoms with Crippen LogP contribution in [0.15, 0.2) is 70.6 Å². The zero-order valence-electron chi connectivity index (χ0n) is 21.5. The molecule has 0 saturated carbocycles. The Bertz CT molecular complexity index is 909. The molecule has 4 heteroatoms. The minimum atomic E-state index is -3.17. The number of anilines is 1. The molecule has 1 aliphatic carbocycles. The van der Waals surface area contributed by atoms with Crippen LogP contribution in [0.25, 0.3) is 0 Å². The van der Waals surface area contributed by atoms with Gasteiger partial charge in [-0.05, 0) is 23.0 Å². The molecule has 0 spiro atoms. The molecule has 0 unspecified atom stereocenters. The molecule has 0 aromatic heterocycles. The van der Waals surface area contributed by atoms with E-state index in [0.717, 1.165) is 6.42 Å². The molecule has 3 rings (SSSR count). The Hall–Kier alpha value is -0.986. The summed E-state index contributed by atoms with van der Waals surface area (Å²) in [4.78, 5) is 0. The van der Waals surface area contributed by atoms with Crippen LogP contribution in [0.4, 0.5) is 5.69 Å². The van der Waals surface area contributed by atoms with Crippen LogP contribution in [0.3, 0.4) is 0 Å². The van der Waals surface area contributed by atoms with Crippen LogP contribution in [0.5, 0.6) is 0 Å². The first kappa shape index (κ1) is 31.0. The number of nitrogens with one attached hydrogen (secondary N) is 1. The summed E-state index contributed by atoms with van der Waals surface area (Å²) >= 11 is -3.17. The van der Waals surface area contributed by atoms with Crippen LogP contribution >= 0.6 is 24.8 Å². The standard InChI is InChI=1S/C13H21N.C6H5.C5H5.4CH3.2ClH.Ti/c1-9(2)11-7-6-8-12(10(3)4)13(11)14-5;1-2-4-6-5-3-1;1-2-4-5-3-1;;;;;;;/h6-10,14H,1-5H3;1-5H;1-3H,4H2;4*1H3;2*1H;. The second kappa shape index (κ2) is 11.0. The minimum absolute atomic E-state index is 0. The molecule has 0 saturated heterocycles. The Labute approximate surface area is 208 Å². The first-order valence-corrected chi connectivity index (χ1v) is 19.3. The van der Waals surface area contributed by atoms with Crippen molar-refractivity contribution in [2.45, 2.75) is 66.9 Å². The summed E-state index contributed by atoms with van der Waals surface area (Å²) in [5, 5.41) is 13.4. The van der Waals surface area contributed by atoms with Gasteiger partial charge in [-0.2, -0.15) is 0 Å². The van der Waals surface area contributed by atoms with Gasteiger partial charge in [-0.25, -0.2) is 0 Å². The van der Waals surface area contributed by atoms with Crippen molar-refractivity contribution in [1.29, 1.82) is 0 Å². The third-order valence-corrected chi connectivity index (χ3v) is 16.6.